The van der Waals surface area contributed by atoms with E-state index in [1.165, 1.54) is 12.8 Å². The number of para-hydroxylation sites is 1. The maximum absolute atomic E-state index is 13.5. The molecule has 1 N–H and O–H groups in total. The molecular formula is C21H24N2O2. The van der Waals surface area contributed by atoms with Gasteiger partial charge in [-0.1, -0.05) is 18.2 Å². The number of amides is 1. The summed E-state index contributed by atoms with van der Waals surface area (Å²) < 4.78 is 0. The van der Waals surface area contributed by atoms with Gasteiger partial charge in [-0.3, -0.25) is 9.78 Å². The van der Waals surface area contributed by atoms with Gasteiger partial charge in [0.05, 0.1) is 17.2 Å². The van der Waals surface area contributed by atoms with Crippen LogP contribution in [0.2, 0.25) is 0 Å². The Kier molecular flexibility index (Phi) is 3.56. The van der Waals surface area contributed by atoms with Gasteiger partial charge in [0.15, 0.2) is 0 Å². The highest BCUT2D eigenvalue weighted by Gasteiger charge is 2.41. The maximum Gasteiger partial charge on any atom is 0.255 e. The predicted molar refractivity (Wildman–Crippen MR) is 96.6 cm³/mol. The number of piperidine rings is 2. The number of fused-ring (bicyclic) bond motifs is 3. The number of aliphatic hydroxyl groups excluding tert-OH is 1. The molecule has 0 spiro atoms. The third-order valence-corrected chi connectivity index (χ3v) is 6.15. The summed E-state index contributed by atoms with van der Waals surface area (Å²) in [7, 11) is 0. The van der Waals surface area contributed by atoms with Crippen molar-refractivity contribution in [3.05, 3.63) is 41.6 Å². The monoisotopic (exact) mass is 336 g/mol. The summed E-state index contributed by atoms with van der Waals surface area (Å²) in [4.78, 5) is 20.4. The van der Waals surface area contributed by atoms with Crippen molar-refractivity contribution in [2.45, 2.75) is 69.1 Å². The van der Waals surface area contributed by atoms with Crippen LogP contribution < -0.4 is 0 Å². The highest BCUT2D eigenvalue weighted by Crippen LogP contribution is 2.41. The smallest absolute Gasteiger partial charge is 0.255 e. The number of benzene rings is 1. The van der Waals surface area contributed by atoms with E-state index in [9.17, 15) is 9.90 Å². The molecule has 1 aromatic carbocycles. The van der Waals surface area contributed by atoms with Crippen LogP contribution in [0.1, 0.15) is 66.9 Å². The maximum atomic E-state index is 13.5. The molecule has 2 saturated heterocycles. The van der Waals surface area contributed by atoms with Crippen molar-refractivity contribution >= 4 is 16.8 Å². The second-order valence-corrected chi connectivity index (χ2v) is 7.96. The third-order valence-electron chi connectivity index (χ3n) is 6.15. The lowest BCUT2D eigenvalue weighted by atomic mass is 9.82. The van der Waals surface area contributed by atoms with Crippen molar-refractivity contribution in [3.63, 3.8) is 0 Å². The molecule has 0 radical (unpaired) electrons. The van der Waals surface area contributed by atoms with E-state index in [1.807, 2.05) is 30.3 Å². The van der Waals surface area contributed by atoms with E-state index in [0.717, 1.165) is 54.3 Å². The second kappa shape index (κ2) is 5.80. The van der Waals surface area contributed by atoms with Crippen molar-refractivity contribution in [2.75, 3.05) is 0 Å². The van der Waals surface area contributed by atoms with Crippen molar-refractivity contribution in [3.8, 4) is 0 Å². The van der Waals surface area contributed by atoms with Crippen molar-refractivity contribution in [2.24, 2.45) is 0 Å². The number of hydrogen-bond acceptors (Lipinski definition) is 3. The Bertz CT molecular complexity index is 816. The molecule has 1 aromatic heterocycles. The minimum absolute atomic E-state index is 0.141. The van der Waals surface area contributed by atoms with Gasteiger partial charge in [-0.25, -0.2) is 0 Å². The number of aromatic nitrogens is 1. The van der Waals surface area contributed by atoms with Crippen molar-refractivity contribution < 1.29 is 9.90 Å². The molecule has 1 saturated carbocycles. The normalized spacial score (nSPS) is 29.0. The van der Waals surface area contributed by atoms with Crippen LogP contribution in [-0.2, 0) is 0 Å². The van der Waals surface area contributed by atoms with E-state index in [-0.39, 0.29) is 24.1 Å². The Balaban J connectivity index is 1.59. The van der Waals surface area contributed by atoms with E-state index in [0.29, 0.717) is 5.92 Å². The standard InChI is InChI=1S/C21H24N2O2/c24-16-10-14-4-3-5-15(11-16)23(14)21(25)18-12-20(13-8-9-13)22-19-7-2-1-6-17(18)19/h1-2,6-7,12-16,24H,3-5,8-11H2/t14-,15+,16?. The van der Waals surface area contributed by atoms with E-state index in [2.05, 4.69) is 4.90 Å². The molecule has 3 aliphatic rings. The zero-order valence-corrected chi connectivity index (χ0v) is 14.4. The molecule has 2 aliphatic heterocycles. The second-order valence-electron chi connectivity index (χ2n) is 7.96. The molecule has 3 atom stereocenters. The van der Waals surface area contributed by atoms with Gasteiger partial charge in [-0.15, -0.1) is 0 Å². The summed E-state index contributed by atoms with van der Waals surface area (Å²) in [5.74, 6) is 0.668. The van der Waals surface area contributed by atoms with Crippen LogP contribution in [0.25, 0.3) is 10.9 Å². The Morgan fingerprint density at radius 2 is 1.80 bits per heavy atom. The molecule has 2 bridgehead atoms. The van der Waals surface area contributed by atoms with Gasteiger partial charge in [0.25, 0.3) is 5.91 Å². The molecular weight excluding hydrogens is 312 g/mol. The molecule has 2 aromatic rings. The number of hydrogen-bond donors (Lipinski definition) is 1. The molecule has 1 aliphatic carbocycles. The van der Waals surface area contributed by atoms with Crippen LogP contribution in [0.4, 0.5) is 0 Å². The number of nitrogens with zero attached hydrogens (tertiary/aromatic N) is 2. The van der Waals surface area contributed by atoms with Crippen molar-refractivity contribution in [1.82, 2.24) is 9.88 Å². The average Bonchev–Trinajstić information content (AvgIpc) is 3.44. The Morgan fingerprint density at radius 1 is 1.08 bits per heavy atom. The first-order valence-corrected chi connectivity index (χ1v) is 9.61. The number of carbonyl (C=O) groups excluding carboxylic acids is 1. The number of carbonyl (C=O) groups is 1. The highest BCUT2D eigenvalue weighted by molar-refractivity contribution is 6.06. The van der Waals surface area contributed by atoms with Crippen LogP contribution in [0.5, 0.6) is 0 Å². The lowest BCUT2D eigenvalue weighted by Gasteiger charge is -2.47. The quantitative estimate of drug-likeness (QED) is 0.911. The highest BCUT2D eigenvalue weighted by atomic mass is 16.3. The van der Waals surface area contributed by atoms with Gasteiger partial charge in [-0.2, -0.15) is 0 Å². The Hall–Kier alpha value is -1.94. The SMILES string of the molecule is O=C(c1cc(C2CC2)nc2ccccc12)N1[C@@H]2CCC[C@H]1CC(O)C2. The summed E-state index contributed by atoms with van der Waals surface area (Å²) >= 11 is 0. The zero-order valence-electron chi connectivity index (χ0n) is 14.4. The number of pyridine rings is 1. The van der Waals surface area contributed by atoms with E-state index < -0.39 is 0 Å². The van der Waals surface area contributed by atoms with Crippen LogP contribution in [-0.4, -0.2) is 39.1 Å². The Morgan fingerprint density at radius 3 is 2.52 bits per heavy atom. The molecule has 25 heavy (non-hydrogen) atoms. The summed E-state index contributed by atoms with van der Waals surface area (Å²) in [6.45, 7) is 0. The van der Waals surface area contributed by atoms with Gasteiger partial charge >= 0.3 is 0 Å². The largest absolute Gasteiger partial charge is 0.393 e. The fourth-order valence-corrected chi connectivity index (χ4v) is 4.78. The van der Waals surface area contributed by atoms with Gasteiger partial charge in [0.1, 0.15) is 0 Å². The molecule has 3 heterocycles. The van der Waals surface area contributed by atoms with Gasteiger partial charge in [-0.05, 0) is 57.1 Å². The van der Waals surface area contributed by atoms with E-state index in [1.54, 1.807) is 0 Å². The van der Waals surface area contributed by atoms with Crippen LogP contribution in [0.15, 0.2) is 30.3 Å². The molecule has 130 valence electrons. The summed E-state index contributed by atoms with van der Waals surface area (Å²) in [5, 5.41) is 11.1. The first-order chi connectivity index (χ1) is 12.2. The number of aliphatic hydroxyl groups is 1. The molecule has 5 rings (SSSR count). The first-order valence-electron chi connectivity index (χ1n) is 9.61. The van der Waals surface area contributed by atoms with Gasteiger partial charge < -0.3 is 10.0 Å². The first kappa shape index (κ1) is 15.3. The van der Waals surface area contributed by atoms with Gasteiger partial charge in [0.2, 0.25) is 0 Å². The summed E-state index contributed by atoms with van der Waals surface area (Å²) in [6, 6.07) is 10.4. The molecule has 1 amide bonds. The summed E-state index contributed by atoms with van der Waals surface area (Å²) in [6.07, 6.45) is 6.74. The molecule has 3 fully saturated rings. The minimum atomic E-state index is -0.254. The predicted octanol–water partition coefficient (Wildman–Crippen LogP) is 3.63. The van der Waals surface area contributed by atoms with Crippen LogP contribution in [0, 0.1) is 0 Å². The average molecular weight is 336 g/mol. The fraction of sp³-hybridized carbons (Fsp3) is 0.524. The molecule has 1 unspecified atom stereocenters. The topological polar surface area (TPSA) is 53.4 Å². The van der Waals surface area contributed by atoms with Crippen LogP contribution >= 0.6 is 0 Å². The number of rotatable bonds is 2. The third kappa shape index (κ3) is 2.63. The summed E-state index contributed by atoms with van der Waals surface area (Å²) in [5.41, 5.74) is 2.81. The zero-order chi connectivity index (χ0) is 17.0. The lowest BCUT2D eigenvalue weighted by molar-refractivity contribution is -0.0149. The molecule has 4 heteroatoms. The Labute approximate surface area is 147 Å². The minimum Gasteiger partial charge on any atom is -0.393 e. The fourth-order valence-electron chi connectivity index (χ4n) is 4.78. The molecule has 4 nitrogen and oxygen atoms in total. The van der Waals surface area contributed by atoms with Crippen LogP contribution in [0.3, 0.4) is 0 Å². The van der Waals surface area contributed by atoms with Gasteiger partial charge in [0, 0.05) is 29.1 Å². The van der Waals surface area contributed by atoms with E-state index in [4.69, 9.17) is 4.98 Å². The lowest BCUT2D eigenvalue weighted by Crippen LogP contribution is -2.55. The van der Waals surface area contributed by atoms with E-state index >= 15 is 0 Å². The van der Waals surface area contributed by atoms with Crippen molar-refractivity contribution in [1.29, 1.82) is 0 Å².